The first kappa shape index (κ1) is 14.9. The second-order valence-electron chi connectivity index (χ2n) is 6.55. The predicted octanol–water partition coefficient (Wildman–Crippen LogP) is 2.65. The van der Waals surface area contributed by atoms with Gasteiger partial charge in [0.2, 0.25) is 0 Å². The number of nitrogens with zero attached hydrogens (tertiary/aromatic N) is 3. The molecular weight excluding hydrogens is 310 g/mol. The molecule has 0 aromatic carbocycles. The van der Waals surface area contributed by atoms with Crippen molar-refractivity contribution in [2.75, 3.05) is 19.8 Å². The van der Waals surface area contributed by atoms with E-state index in [1.807, 2.05) is 39.7 Å². The van der Waals surface area contributed by atoms with Gasteiger partial charge in [0.15, 0.2) is 0 Å². The Morgan fingerprint density at radius 2 is 2.30 bits per heavy atom. The SMILES string of the molecule is Cn1ncc2c1C(COCC1CC1)CN(C(=O)c1ccsc1)C2. The molecule has 1 amide bonds. The highest BCUT2D eigenvalue weighted by Crippen LogP contribution is 2.32. The minimum absolute atomic E-state index is 0.105. The van der Waals surface area contributed by atoms with Gasteiger partial charge >= 0.3 is 0 Å². The Hall–Kier alpha value is -1.66. The summed E-state index contributed by atoms with van der Waals surface area (Å²) in [5.41, 5.74) is 3.14. The molecule has 23 heavy (non-hydrogen) atoms. The maximum atomic E-state index is 12.7. The topological polar surface area (TPSA) is 47.4 Å². The van der Waals surface area contributed by atoms with E-state index in [-0.39, 0.29) is 11.8 Å². The first-order valence-corrected chi connectivity index (χ1v) is 9.06. The Labute approximate surface area is 139 Å². The minimum Gasteiger partial charge on any atom is -0.380 e. The lowest BCUT2D eigenvalue weighted by molar-refractivity contribution is 0.0621. The molecule has 0 bridgehead atoms. The number of aryl methyl sites for hydroxylation is 1. The summed E-state index contributed by atoms with van der Waals surface area (Å²) >= 11 is 1.56. The van der Waals surface area contributed by atoms with Crippen molar-refractivity contribution in [1.29, 1.82) is 0 Å². The number of carbonyl (C=O) groups excluding carboxylic acids is 1. The lowest BCUT2D eigenvalue weighted by Crippen LogP contribution is -2.40. The lowest BCUT2D eigenvalue weighted by atomic mass is 9.96. The third-order valence-corrected chi connectivity index (χ3v) is 5.36. The number of fused-ring (bicyclic) bond motifs is 1. The Bertz CT molecular complexity index is 691. The minimum atomic E-state index is 0.105. The van der Waals surface area contributed by atoms with Crippen LogP contribution in [-0.2, 0) is 18.3 Å². The van der Waals surface area contributed by atoms with Crippen LogP contribution in [0.4, 0.5) is 0 Å². The van der Waals surface area contributed by atoms with Crippen LogP contribution in [0.2, 0.25) is 0 Å². The number of rotatable bonds is 5. The number of aromatic nitrogens is 2. The van der Waals surface area contributed by atoms with E-state index in [1.165, 1.54) is 18.5 Å². The van der Waals surface area contributed by atoms with Crippen LogP contribution in [0.15, 0.2) is 23.0 Å². The van der Waals surface area contributed by atoms with Crippen LogP contribution in [0.3, 0.4) is 0 Å². The monoisotopic (exact) mass is 331 g/mol. The van der Waals surface area contributed by atoms with Gasteiger partial charge in [0, 0.05) is 43.6 Å². The molecule has 2 aromatic heterocycles. The second kappa shape index (κ2) is 6.09. The Balaban J connectivity index is 1.51. The summed E-state index contributed by atoms with van der Waals surface area (Å²) in [7, 11) is 1.98. The summed E-state index contributed by atoms with van der Waals surface area (Å²) in [6.07, 6.45) is 4.48. The lowest BCUT2D eigenvalue weighted by Gasteiger charge is -2.33. The summed E-state index contributed by atoms with van der Waals surface area (Å²) in [5, 5.41) is 8.25. The number of amides is 1. The summed E-state index contributed by atoms with van der Waals surface area (Å²) in [6.45, 7) is 2.85. The molecule has 0 radical (unpaired) electrons. The van der Waals surface area contributed by atoms with Gasteiger partial charge in [0.25, 0.3) is 5.91 Å². The number of carbonyl (C=O) groups is 1. The third-order valence-electron chi connectivity index (χ3n) is 4.68. The van der Waals surface area contributed by atoms with E-state index in [4.69, 9.17) is 4.74 Å². The molecule has 1 aliphatic carbocycles. The van der Waals surface area contributed by atoms with Crippen LogP contribution in [0.25, 0.3) is 0 Å². The van der Waals surface area contributed by atoms with Crippen LogP contribution in [0.5, 0.6) is 0 Å². The molecule has 1 atom stereocenters. The highest BCUT2D eigenvalue weighted by molar-refractivity contribution is 7.08. The standard InChI is InChI=1S/C17H21N3O2S/c1-19-16-14(6-18-19)7-20(17(21)13-4-5-23-11-13)8-15(16)10-22-9-12-2-3-12/h4-6,11-12,15H,2-3,7-10H2,1H3. The molecule has 2 aromatic rings. The first-order valence-electron chi connectivity index (χ1n) is 8.12. The van der Waals surface area contributed by atoms with Crippen LogP contribution in [-0.4, -0.2) is 40.3 Å². The summed E-state index contributed by atoms with van der Waals surface area (Å²) < 4.78 is 7.86. The van der Waals surface area contributed by atoms with Crippen LogP contribution < -0.4 is 0 Å². The molecule has 1 saturated carbocycles. The molecule has 0 spiro atoms. The van der Waals surface area contributed by atoms with Gasteiger partial charge in [-0.3, -0.25) is 9.48 Å². The van der Waals surface area contributed by atoms with Gasteiger partial charge in [-0.2, -0.15) is 16.4 Å². The molecule has 3 heterocycles. The van der Waals surface area contributed by atoms with E-state index in [0.717, 1.165) is 23.7 Å². The fourth-order valence-electron chi connectivity index (χ4n) is 3.28. The van der Waals surface area contributed by atoms with Gasteiger partial charge in [-0.15, -0.1) is 0 Å². The Morgan fingerprint density at radius 3 is 3.04 bits per heavy atom. The summed E-state index contributed by atoms with van der Waals surface area (Å²) in [4.78, 5) is 14.6. The molecule has 122 valence electrons. The van der Waals surface area contributed by atoms with Crippen molar-refractivity contribution in [3.63, 3.8) is 0 Å². The maximum Gasteiger partial charge on any atom is 0.255 e. The van der Waals surface area contributed by atoms with Crippen molar-refractivity contribution < 1.29 is 9.53 Å². The van der Waals surface area contributed by atoms with E-state index < -0.39 is 0 Å². The van der Waals surface area contributed by atoms with Gasteiger partial charge in [0.1, 0.15) is 0 Å². The van der Waals surface area contributed by atoms with Gasteiger partial charge in [0.05, 0.1) is 24.1 Å². The molecular formula is C17H21N3O2S. The van der Waals surface area contributed by atoms with Crippen molar-refractivity contribution >= 4 is 17.2 Å². The molecule has 4 rings (SSSR count). The quantitative estimate of drug-likeness (QED) is 0.846. The van der Waals surface area contributed by atoms with Crippen LogP contribution >= 0.6 is 11.3 Å². The first-order chi connectivity index (χ1) is 11.2. The molecule has 1 aliphatic heterocycles. The second-order valence-corrected chi connectivity index (χ2v) is 7.33. The van der Waals surface area contributed by atoms with Crippen molar-refractivity contribution in [2.24, 2.45) is 13.0 Å². The number of hydrogen-bond acceptors (Lipinski definition) is 4. The number of ether oxygens (including phenoxy) is 1. The zero-order valence-electron chi connectivity index (χ0n) is 13.3. The normalized spacial score (nSPS) is 20.6. The molecule has 1 fully saturated rings. The Morgan fingerprint density at radius 1 is 1.43 bits per heavy atom. The zero-order chi connectivity index (χ0) is 15.8. The maximum absolute atomic E-state index is 12.7. The molecule has 0 N–H and O–H groups in total. The fourth-order valence-corrected chi connectivity index (χ4v) is 3.91. The fraction of sp³-hybridized carbons (Fsp3) is 0.529. The third kappa shape index (κ3) is 3.05. The van der Waals surface area contributed by atoms with E-state index in [9.17, 15) is 4.79 Å². The van der Waals surface area contributed by atoms with E-state index in [0.29, 0.717) is 19.7 Å². The highest BCUT2D eigenvalue weighted by atomic mass is 32.1. The molecule has 0 saturated heterocycles. The summed E-state index contributed by atoms with van der Waals surface area (Å²) in [6, 6.07) is 1.89. The highest BCUT2D eigenvalue weighted by Gasteiger charge is 2.32. The number of hydrogen-bond donors (Lipinski definition) is 0. The molecule has 5 nitrogen and oxygen atoms in total. The Kier molecular flexibility index (Phi) is 3.95. The molecule has 6 heteroatoms. The van der Waals surface area contributed by atoms with Crippen LogP contribution in [0.1, 0.15) is 40.4 Å². The molecule has 2 aliphatic rings. The van der Waals surface area contributed by atoms with Gasteiger partial charge in [-0.05, 0) is 30.2 Å². The zero-order valence-corrected chi connectivity index (χ0v) is 14.1. The van der Waals surface area contributed by atoms with Crippen LogP contribution in [0, 0.1) is 5.92 Å². The summed E-state index contributed by atoms with van der Waals surface area (Å²) in [5.74, 6) is 1.06. The average Bonchev–Trinajstić information content (AvgIpc) is 3.07. The van der Waals surface area contributed by atoms with Crippen molar-refractivity contribution in [3.05, 3.63) is 39.8 Å². The average molecular weight is 331 g/mol. The van der Waals surface area contributed by atoms with Crippen molar-refractivity contribution in [1.82, 2.24) is 14.7 Å². The predicted molar refractivity (Wildman–Crippen MR) is 88.6 cm³/mol. The van der Waals surface area contributed by atoms with Gasteiger partial charge in [-0.1, -0.05) is 0 Å². The number of thiophene rings is 1. The van der Waals surface area contributed by atoms with Gasteiger partial charge in [-0.25, -0.2) is 0 Å². The van der Waals surface area contributed by atoms with Gasteiger partial charge < -0.3 is 9.64 Å². The van der Waals surface area contributed by atoms with Crippen molar-refractivity contribution in [2.45, 2.75) is 25.3 Å². The smallest absolute Gasteiger partial charge is 0.255 e. The van der Waals surface area contributed by atoms with Crippen molar-refractivity contribution in [3.8, 4) is 0 Å². The van der Waals surface area contributed by atoms with E-state index in [2.05, 4.69) is 5.10 Å². The largest absolute Gasteiger partial charge is 0.380 e. The van der Waals surface area contributed by atoms with E-state index >= 15 is 0 Å². The molecule has 1 unspecified atom stereocenters. The van der Waals surface area contributed by atoms with E-state index in [1.54, 1.807) is 11.3 Å².